The molecule has 3 saturated heterocycles. The highest BCUT2D eigenvalue weighted by Gasteiger charge is 2.53. The summed E-state index contributed by atoms with van der Waals surface area (Å²) in [5, 5.41) is 119. The molecule has 0 radical (unpaired) electrons. The Balaban J connectivity index is 1.28. The van der Waals surface area contributed by atoms with Crippen molar-refractivity contribution in [3.63, 3.8) is 0 Å². The van der Waals surface area contributed by atoms with Crippen LogP contribution in [0.25, 0.3) is 0 Å². The first-order valence-corrected chi connectivity index (χ1v) is 31.6. The molecule has 17 unspecified atom stereocenters. The average molecular weight is 1150 g/mol. The minimum Gasteiger partial charge on any atom is -0.394 e. The van der Waals surface area contributed by atoms with E-state index in [1.54, 1.807) is 6.08 Å². The maximum absolute atomic E-state index is 12.8. The number of unbranched alkanes of at least 4 members (excludes halogenated alkanes) is 29. The van der Waals surface area contributed by atoms with Crippen molar-refractivity contribution in [2.75, 3.05) is 26.4 Å². The highest BCUT2D eigenvalue weighted by atomic mass is 16.8. The van der Waals surface area contributed by atoms with Gasteiger partial charge >= 0.3 is 0 Å². The van der Waals surface area contributed by atoms with Gasteiger partial charge < -0.3 is 89.9 Å². The monoisotopic (exact) mass is 1150 g/mol. The molecule has 80 heavy (non-hydrogen) atoms. The number of carbonyl (C=O) groups is 1. The lowest BCUT2D eigenvalue weighted by atomic mass is 9.96. The van der Waals surface area contributed by atoms with E-state index >= 15 is 0 Å². The lowest BCUT2D eigenvalue weighted by Crippen LogP contribution is -2.66. The number of rotatable bonds is 47. The van der Waals surface area contributed by atoms with Gasteiger partial charge in [-0.25, -0.2) is 0 Å². The molecule has 3 heterocycles. The molecule has 3 rings (SSSR count). The summed E-state index contributed by atoms with van der Waals surface area (Å²) in [6, 6.07) is -0.982. The van der Waals surface area contributed by atoms with Crippen LogP contribution in [0.5, 0.6) is 0 Å². The molecule has 470 valence electrons. The third-order valence-electron chi connectivity index (χ3n) is 16.0. The topological polar surface area (TPSA) is 307 Å². The summed E-state index contributed by atoms with van der Waals surface area (Å²) in [5.74, 6) is -0.320. The van der Waals surface area contributed by atoms with Gasteiger partial charge in [-0.2, -0.15) is 0 Å². The molecule has 1 amide bonds. The molecular weight excluding hydrogens is 1030 g/mol. The molecular formula is C61H113NO18. The third kappa shape index (κ3) is 28.0. The van der Waals surface area contributed by atoms with Gasteiger partial charge in [0.1, 0.15) is 73.2 Å². The summed E-state index contributed by atoms with van der Waals surface area (Å²) in [6.45, 7) is 1.44. The van der Waals surface area contributed by atoms with E-state index in [0.29, 0.717) is 12.8 Å². The van der Waals surface area contributed by atoms with Crippen LogP contribution >= 0.6 is 0 Å². The fourth-order valence-electron chi connectivity index (χ4n) is 10.8. The molecule has 3 fully saturated rings. The van der Waals surface area contributed by atoms with E-state index < -0.39 is 124 Å². The minimum atomic E-state index is -1.98. The largest absolute Gasteiger partial charge is 0.394 e. The number of hydrogen-bond donors (Lipinski definition) is 12. The van der Waals surface area contributed by atoms with Gasteiger partial charge in [0.05, 0.1) is 38.6 Å². The second-order valence-electron chi connectivity index (χ2n) is 22.9. The molecule has 17 atom stereocenters. The smallest absolute Gasteiger partial charge is 0.220 e. The van der Waals surface area contributed by atoms with E-state index in [9.17, 15) is 61.0 Å². The maximum atomic E-state index is 12.8. The zero-order valence-corrected chi connectivity index (χ0v) is 49.1. The molecule has 12 N–H and O–H groups in total. The number of aliphatic hydroxyl groups excluding tert-OH is 11. The Morgan fingerprint density at radius 1 is 0.438 bits per heavy atom. The van der Waals surface area contributed by atoms with Crippen LogP contribution < -0.4 is 5.32 Å². The van der Waals surface area contributed by atoms with Gasteiger partial charge in [0, 0.05) is 6.42 Å². The van der Waals surface area contributed by atoms with Crippen LogP contribution in [0.15, 0.2) is 24.3 Å². The van der Waals surface area contributed by atoms with Crippen molar-refractivity contribution in [2.45, 2.75) is 330 Å². The van der Waals surface area contributed by atoms with E-state index in [2.05, 4.69) is 24.4 Å². The highest BCUT2D eigenvalue weighted by Crippen LogP contribution is 2.33. The molecule has 3 aliphatic heterocycles. The van der Waals surface area contributed by atoms with Gasteiger partial charge in [0.15, 0.2) is 18.9 Å². The second-order valence-corrected chi connectivity index (χ2v) is 22.9. The van der Waals surface area contributed by atoms with E-state index in [-0.39, 0.29) is 18.9 Å². The Morgan fingerprint density at radius 3 is 1.24 bits per heavy atom. The van der Waals surface area contributed by atoms with Crippen LogP contribution in [0.4, 0.5) is 0 Å². The number of carbonyl (C=O) groups excluding carboxylic acids is 1. The lowest BCUT2D eigenvalue weighted by Gasteiger charge is -2.48. The lowest BCUT2D eigenvalue weighted by molar-refractivity contribution is -0.379. The quantitative estimate of drug-likeness (QED) is 0.0234. The number of amides is 1. The van der Waals surface area contributed by atoms with Crippen LogP contribution in [0.1, 0.15) is 226 Å². The molecule has 0 aromatic carbocycles. The summed E-state index contributed by atoms with van der Waals surface area (Å²) in [6.07, 6.45) is 22.3. The van der Waals surface area contributed by atoms with Crippen molar-refractivity contribution >= 4 is 5.91 Å². The fourth-order valence-corrected chi connectivity index (χ4v) is 10.8. The molecule has 0 aromatic rings. The van der Waals surface area contributed by atoms with Crippen LogP contribution in [0.3, 0.4) is 0 Å². The number of allylic oxidation sites excluding steroid dienone is 3. The van der Waals surface area contributed by atoms with Crippen molar-refractivity contribution in [2.24, 2.45) is 0 Å². The Bertz CT molecular complexity index is 1560. The van der Waals surface area contributed by atoms with Crippen LogP contribution in [0, 0.1) is 0 Å². The van der Waals surface area contributed by atoms with Gasteiger partial charge in [-0.3, -0.25) is 4.79 Å². The normalized spacial score (nSPS) is 30.1. The Morgan fingerprint density at radius 2 is 0.800 bits per heavy atom. The van der Waals surface area contributed by atoms with E-state index in [1.165, 1.54) is 167 Å². The van der Waals surface area contributed by atoms with Crippen molar-refractivity contribution < 1.29 is 89.4 Å². The second kappa shape index (κ2) is 44.7. The zero-order valence-electron chi connectivity index (χ0n) is 49.1. The first kappa shape index (κ1) is 72.5. The fraction of sp³-hybridized carbons (Fsp3) is 0.918. The molecule has 0 aliphatic carbocycles. The predicted octanol–water partition coefficient (Wildman–Crippen LogP) is 6.32. The molecule has 3 aliphatic rings. The standard InChI is InChI=1S/C61H113NO18/c1-3-5-7-8-9-10-11-12-13-14-15-16-17-18-19-20-21-22-23-24-25-26-27-28-29-30-31-32-33-34-35-36-37-38-45(66)44(62-49(67)39-6-4-2)43-75-59-55(73)52(70)57(47(41-64)77-59)80-61-56(74)53(71)58(48(42-65)78-61)79-60-54(72)51(69)50(68)46(40-63)76-60/h33-34,37-38,44-48,50-61,63-66,68-74H,3-32,35-36,39-43H2,1-2H3,(H,62,67)/b34-33+,38-37+. The maximum Gasteiger partial charge on any atom is 0.220 e. The molecule has 0 saturated carbocycles. The van der Waals surface area contributed by atoms with Crippen molar-refractivity contribution in [3.8, 4) is 0 Å². The van der Waals surface area contributed by atoms with Crippen molar-refractivity contribution in [1.82, 2.24) is 5.32 Å². The molecule has 19 nitrogen and oxygen atoms in total. The van der Waals surface area contributed by atoms with E-state index in [0.717, 1.165) is 25.7 Å². The van der Waals surface area contributed by atoms with Gasteiger partial charge in [0.25, 0.3) is 0 Å². The highest BCUT2D eigenvalue weighted by molar-refractivity contribution is 5.76. The van der Waals surface area contributed by atoms with Gasteiger partial charge in [0.2, 0.25) is 5.91 Å². The van der Waals surface area contributed by atoms with Crippen LogP contribution in [-0.2, 0) is 33.2 Å². The average Bonchev–Trinajstić information content (AvgIpc) is 3.55. The Hall–Kier alpha value is -1.73. The van der Waals surface area contributed by atoms with Gasteiger partial charge in [-0.1, -0.05) is 212 Å². The molecule has 0 aromatic heterocycles. The summed E-state index contributed by atoms with van der Waals surface area (Å²) in [5.41, 5.74) is 0. The predicted molar refractivity (Wildman–Crippen MR) is 305 cm³/mol. The van der Waals surface area contributed by atoms with Crippen LogP contribution in [-0.4, -0.2) is 193 Å². The van der Waals surface area contributed by atoms with Gasteiger partial charge in [-0.15, -0.1) is 0 Å². The zero-order chi connectivity index (χ0) is 58.3. The number of ether oxygens (including phenoxy) is 6. The summed E-state index contributed by atoms with van der Waals surface area (Å²) in [7, 11) is 0. The summed E-state index contributed by atoms with van der Waals surface area (Å²) in [4.78, 5) is 12.8. The summed E-state index contributed by atoms with van der Waals surface area (Å²) >= 11 is 0. The number of aliphatic hydroxyl groups is 11. The van der Waals surface area contributed by atoms with Crippen molar-refractivity contribution in [1.29, 1.82) is 0 Å². The first-order chi connectivity index (χ1) is 38.8. The van der Waals surface area contributed by atoms with Gasteiger partial charge in [-0.05, 0) is 32.1 Å². The number of hydrogen-bond acceptors (Lipinski definition) is 18. The molecule has 19 heteroatoms. The van der Waals surface area contributed by atoms with Crippen molar-refractivity contribution in [3.05, 3.63) is 24.3 Å². The van der Waals surface area contributed by atoms with E-state index in [4.69, 9.17) is 28.4 Å². The summed E-state index contributed by atoms with van der Waals surface area (Å²) < 4.78 is 33.9. The van der Waals surface area contributed by atoms with Crippen LogP contribution in [0.2, 0.25) is 0 Å². The number of nitrogens with one attached hydrogen (secondary N) is 1. The SMILES string of the molecule is CCCCCCCCCCCCCCCCCCCCCCCCCCCCC/C=C/CC/C=C/C(O)C(COC1OC(CO)C(OC2OC(CO)C(OC3OC(CO)C(O)C(O)C3O)C(O)C2O)C(O)C1O)NC(=O)CCCC. The molecule has 0 bridgehead atoms. The molecule has 0 spiro atoms. The Kier molecular flexibility index (Phi) is 40.5. The Labute approximate surface area is 479 Å². The van der Waals surface area contributed by atoms with E-state index in [1.807, 2.05) is 13.0 Å². The third-order valence-corrected chi connectivity index (χ3v) is 16.0. The first-order valence-electron chi connectivity index (χ1n) is 31.6. The minimum absolute atomic E-state index is 0.211.